The van der Waals surface area contributed by atoms with Gasteiger partial charge >= 0.3 is 11.9 Å². The van der Waals surface area contributed by atoms with E-state index in [9.17, 15) is 29.9 Å². The maximum Gasteiger partial charge on any atom is 0.336 e. The molecule has 0 saturated carbocycles. The molecule has 256 valence electrons. The lowest BCUT2D eigenvalue weighted by Gasteiger charge is -2.31. The number of aliphatic hydroxyl groups is 1. The maximum absolute atomic E-state index is 13.3. The van der Waals surface area contributed by atoms with Gasteiger partial charge in [0.2, 0.25) is 0 Å². The first kappa shape index (κ1) is 40.2. The number of hydrogen-bond acceptors (Lipinski definition) is 12. The molecule has 0 aliphatic carbocycles. The number of nitrogens with zero attached hydrogens (tertiary/aromatic N) is 2. The second-order valence-electron chi connectivity index (χ2n) is 10.3. The van der Waals surface area contributed by atoms with E-state index in [2.05, 4.69) is 10.6 Å². The van der Waals surface area contributed by atoms with Crippen LogP contribution in [0.4, 0.5) is 5.69 Å². The summed E-state index contributed by atoms with van der Waals surface area (Å²) in [6, 6.07) is 12.3. The van der Waals surface area contributed by atoms with E-state index in [1.165, 1.54) is 31.4 Å². The van der Waals surface area contributed by atoms with Crippen molar-refractivity contribution in [3.8, 4) is 11.8 Å². The number of carbonyl (C=O) groups excluding carboxylic acids is 2. The Morgan fingerprint density at radius 2 is 1.89 bits per heavy atom. The molecular formula is C32H42N4O11. The van der Waals surface area contributed by atoms with Crippen LogP contribution in [0.1, 0.15) is 49.3 Å². The molecule has 47 heavy (non-hydrogen) atoms. The summed E-state index contributed by atoms with van der Waals surface area (Å²) < 4.78 is 16.2. The molecule has 2 aromatic rings. The second-order valence-corrected chi connectivity index (χ2v) is 10.3. The van der Waals surface area contributed by atoms with Gasteiger partial charge in [-0.15, -0.1) is 0 Å². The van der Waals surface area contributed by atoms with Crippen LogP contribution in [0.25, 0.3) is 0 Å². The van der Waals surface area contributed by atoms with Gasteiger partial charge in [0.1, 0.15) is 11.8 Å². The molecule has 2 atom stereocenters. The Balaban J connectivity index is 0.00000552. The fourth-order valence-corrected chi connectivity index (χ4v) is 5.03. The third-order valence-electron chi connectivity index (χ3n) is 7.13. The number of benzene rings is 2. The molecule has 15 heteroatoms. The van der Waals surface area contributed by atoms with Gasteiger partial charge in [-0.2, -0.15) is 5.26 Å². The molecule has 8 N–H and O–H groups in total. The molecule has 15 nitrogen and oxygen atoms in total. The van der Waals surface area contributed by atoms with Gasteiger partial charge in [-0.1, -0.05) is 18.2 Å². The van der Waals surface area contributed by atoms with E-state index < -0.39 is 28.9 Å². The largest absolute Gasteiger partial charge is 0.507 e. The number of dihydropyridines is 1. The lowest BCUT2D eigenvalue weighted by atomic mass is 9.80. The first-order valence-electron chi connectivity index (χ1n) is 14.5. The van der Waals surface area contributed by atoms with Crippen molar-refractivity contribution >= 4 is 17.6 Å². The molecule has 1 heterocycles. The number of aromatic hydroxyl groups is 1. The van der Waals surface area contributed by atoms with E-state index in [0.29, 0.717) is 49.5 Å². The summed E-state index contributed by atoms with van der Waals surface area (Å²) in [4.78, 5) is 37.1. The molecule has 3 rings (SSSR count). The number of nitro benzene ring substituents is 1. The van der Waals surface area contributed by atoms with Crippen molar-refractivity contribution in [2.24, 2.45) is 0 Å². The zero-order valence-corrected chi connectivity index (χ0v) is 26.5. The van der Waals surface area contributed by atoms with Crippen molar-refractivity contribution in [3.63, 3.8) is 0 Å². The van der Waals surface area contributed by atoms with E-state index in [4.69, 9.17) is 19.5 Å². The Morgan fingerprint density at radius 3 is 2.55 bits per heavy atom. The van der Waals surface area contributed by atoms with Crippen molar-refractivity contribution in [3.05, 3.63) is 91.8 Å². The van der Waals surface area contributed by atoms with Crippen LogP contribution in [0.15, 0.2) is 65.0 Å². The van der Waals surface area contributed by atoms with Crippen LogP contribution in [-0.2, 0) is 30.2 Å². The number of hydrogen-bond donors (Lipinski definition) is 4. The van der Waals surface area contributed by atoms with Crippen LogP contribution >= 0.6 is 0 Å². The summed E-state index contributed by atoms with van der Waals surface area (Å²) in [6.45, 7) is 4.69. The van der Waals surface area contributed by atoms with Crippen LogP contribution < -0.4 is 10.6 Å². The van der Waals surface area contributed by atoms with Crippen molar-refractivity contribution in [2.45, 2.75) is 45.1 Å². The van der Waals surface area contributed by atoms with Gasteiger partial charge < -0.3 is 46.0 Å². The number of rotatable bonds is 16. The van der Waals surface area contributed by atoms with Crippen molar-refractivity contribution in [2.75, 3.05) is 40.0 Å². The molecule has 0 fully saturated rings. The van der Waals surface area contributed by atoms with E-state index in [1.54, 1.807) is 32.0 Å². The zero-order valence-electron chi connectivity index (χ0n) is 26.5. The number of nitriles is 1. The third kappa shape index (κ3) is 10.9. The van der Waals surface area contributed by atoms with Crippen LogP contribution in [0.3, 0.4) is 0 Å². The average Bonchev–Trinajstić information content (AvgIpc) is 3.02. The quantitative estimate of drug-likeness (QED) is 0.0865. The molecule has 0 spiro atoms. The van der Waals surface area contributed by atoms with Crippen LogP contribution in [0.2, 0.25) is 0 Å². The smallest absolute Gasteiger partial charge is 0.336 e. The lowest BCUT2D eigenvalue weighted by molar-refractivity contribution is -0.384. The van der Waals surface area contributed by atoms with E-state index >= 15 is 0 Å². The van der Waals surface area contributed by atoms with Crippen LogP contribution in [0, 0.1) is 21.4 Å². The second kappa shape index (κ2) is 19.6. The average molecular weight is 659 g/mol. The minimum atomic E-state index is -0.986. The summed E-state index contributed by atoms with van der Waals surface area (Å²) in [5.41, 5.74) is 2.11. The monoisotopic (exact) mass is 658 g/mol. The topological polar surface area (TPSA) is 256 Å². The minimum absolute atomic E-state index is 0. The molecule has 2 aromatic carbocycles. The molecule has 2 unspecified atom stereocenters. The van der Waals surface area contributed by atoms with Gasteiger partial charge in [-0.25, -0.2) is 9.59 Å². The van der Waals surface area contributed by atoms with Crippen molar-refractivity contribution < 1.29 is 49.9 Å². The zero-order chi connectivity index (χ0) is 32.9. The Labute approximate surface area is 272 Å². The summed E-state index contributed by atoms with van der Waals surface area (Å²) >= 11 is 0. The number of ether oxygens (including phenoxy) is 3. The third-order valence-corrected chi connectivity index (χ3v) is 7.13. The number of unbranched alkanes of at least 4 members (excludes halogenated alkanes) is 1. The van der Waals surface area contributed by atoms with E-state index in [1.807, 2.05) is 6.07 Å². The summed E-state index contributed by atoms with van der Waals surface area (Å²) in [5.74, 6) is -2.46. The number of non-ortho nitro benzene ring substituents is 1. The predicted octanol–water partition coefficient (Wildman–Crippen LogP) is 1.46. The van der Waals surface area contributed by atoms with Gasteiger partial charge in [-0.05, 0) is 62.9 Å². The highest BCUT2D eigenvalue weighted by molar-refractivity contribution is 6.00. The molecule has 0 radical (unpaired) electrons. The fourth-order valence-electron chi connectivity index (χ4n) is 5.03. The molecule has 0 bridgehead atoms. The number of carbonyl (C=O) groups is 2. The standard InChI is InChI=1S/C32H38N4O9.2H2O/c1-4-45-32(40)30-26(35-20(2)28(31(39)43-3)29(30)22-8-7-9-24(16-22)36(41)42)19-44-13-6-5-12-34-18-25(37)15-21-10-11-27(38)23(14-21)17-33;;/h7-11,14,16,25,29,34-35,37-38H,4-6,12-13,15,18-19H2,1-3H3;2*1H2. The molecule has 1 aliphatic heterocycles. The van der Waals surface area contributed by atoms with Crippen LogP contribution in [-0.4, -0.2) is 84.2 Å². The Bertz CT molecular complexity index is 1500. The number of phenols is 1. The Hall–Kier alpha value is -4.85. The van der Waals surface area contributed by atoms with Crippen molar-refractivity contribution in [1.29, 1.82) is 5.26 Å². The number of aliphatic hydroxyl groups excluding tert-OH is 1. The van der Waals surface area contributed by atoms with Gasteiger partial charge in [0, 0.05) is 31.0 Å². The molecule has 0 amide bonds. The summed E-state index contributed by atoms with van der Waals surface area (Å²) in [6.07, 6.45) is 1.07. The minimum Gasteiger partial charge on any atom is -0.507 e. The summed E-state index contributed by atoms with van der Waals surface area (Å²) in [7, 11) is 1.22. The normalized spacial score (nSPS) is 14.6. The molecule has 0 aromatic heterocycles. The van der Waals surface area contributed by atoms with Gasteiger partial charge in [0.15, 0.2) is 0 Å². The van der Waals surface area contributed by atoms with Gasteiger partial charge in [0.25, 0.3) is 5.69 Å². The van der Waals surface area contributed by atoms with E-state index in [-0.39, 0.29) is 52.3 Å². The highest BCUT2D eigenvalue weighted by Gasteiger charge is 2.39. The first-order chi connectivity index (χ1) is 21.6. The predicted molar refractivity (Wildman–Crippen MR) is 170 cm³/mol. The summed E-state index contributed by atoms with van der Waals surface area (Å²) in [5, 5.41) is 46.8. The Morgan fingerprint density at radius 1 is 1.15 bits per heavy atom. The maximum atomic E-state index is 13.3. The Kier molecular flexibility index (Phi) is 16.8. The fraction of sp³-hybridized carbons (Fsp3) is 0.406. The molecular weight excluding hydrogens is 616 g/mol. The number of nitro groups is 1. The van der Waals surface area contributed by atoms with Gasteiger partial charge in [-0.3, -0.25) is 10.1 Å². The first-order valence-corrected chi connectivity index (χ1v) is 14.5. The van der Waals surface area contributed by atoms with E-state index in [0.717, 1.165) is 12.0 Å². The lowest BCUT2D eigenvalue weighted by Crippen LogP contribution is -2.34. The van der Waals surface area contributed by atoms with Crippen molar-refractivity contribution in [1.82, 2.24) is 10.6 Å². The number of nitrogens with one attached hydrogen (secondary N) is 2. The molecule has 1 aliphatic rings. The number of allylic oxidation sites excluding steroid dienone is 1. The number of methoxy groups -OCH3 is 1. The highest BCUT2D eigenvalue weighted by atomic mass is 16.6. The SMILES string of the molecule is CCOC(=O)C1=C(COCCCCNCC(O)Cc2ccc(O)c(C#N)c2)NC(C)=C(C(=O)OC)C1c1cccc([N+](=O)[O-])c1.O.O. The number of esters is 2. The highest BCUT2D eigenvalue weighted by Crippen LogP contribution is 2.40. The molecule has 0 saturated heterocycles. The van der Waals surface area contributed by atoms with Crippen LogP contribution in [0.5, 0.6) is 5.75 Å². The van der Waals surface area contributed by atoms with Gasteiger partial charge in [0.05, 0.1) is 59.7 Å². The number of phenolic OH excluding ortho intramolecular Hbond substituents is 1.